The van der Waals surface area contributed by atoms with Gasteiger partial charge in [0.1, 0.15) is 5.52 Å². The molecule has 0 spiro atoms. The van der Waals surface area contributed by atoms with Gasteiger partial charge in [-0.05, 0) is 13.1 Å². The highest BCUT2D eigenvalue weighted by atomic mass is 16.5. The van der Waals surface area contributed by atoms with E-state index in [9.17, 15) is 0 Å². The molecule has 3 aromatic rings. The Morgan fingerprint density at radius 2 is 1.75 bits per heavy atom. The smallest absolute Gasteiger partial charge is 0.157 e. The SMILES string of the molecule is CN1CCN(c2nc3ccccc3c3c2ncn3CCN2CCOCC2)CC1. The molecule has 5 rings (SSSR count). The van der Waals surface area contributed by atoms with Crippen LogP contribution in [0.1, 0.15) is 0 Å². The molecule has 1 aromatic carbocycles. The Bertz CT molecular complexity index is 956. The van der Waals surface area contributed by atoms with Crippen LogP contribution >= 0.6 is 0 Å². The highest BCUT2D eigenvalue weighted by Crippen LogP contribution is 2.31. The topological polar surface area (TPSA) is 49.7 Å². The van der Waals surface area contributed by atoms with Gasteiger partial charge in [-0.3, -0.25) is 4.90 Å². The zero-order chi connectivity index (χ0) is 18.9. The maximum absolute atomic E-state index is 5.48. The fourth-order valence-corrected chi connectivity index (χ4v) is 4.25. The minimum Gasteiger partial charge on any atom is -0.379 e. The summed E-state index contributed by atoms with van der Waals surface area (Å²) in [4.78, 5) is 17.1. The van der Waals surface area contributed by atoms with E-state index in [2.05, 4.69) is 50.6 Å². The second-order valence-electron chi connectivity index (χ2n) is 7.83. The first-order valence-corrected chi connectivity index (χ1v) is 10.3. The number of hydrogen-bond donors (Lipinski definition) is 0. The van der Waals surface area contributed by atoms with Gasteiger partial charge in [0.15, 0.2) is 5.82 Å². The van der Waals surface area contributed by atoms with E-state index in [4.69, 9.17) is 14.7 Å². The van der Waals surface area contributed by atoms with Gasteiger partial charge in [-0.15, -0.1) is 0 Å². The lowest BCUT2D eigenvalue weighted by Crippen LogP contribution is -2.44. The normalized spacial score (nSPS) is 19.7. The summed E-state index contributed by atoms with van der Waals surface area (Å²) in [7, 11) is 2.18. The largest absolute Gasteiger partial charge is 0.379 e. The average molecular weight is 380 g/mol. The molecule has 2 fully saturated rings. The number of pyridine rings is 1. The molecule has 0 saturated carbocycles. The summed E-state index contributed by atoms with van der Waals surface area (Å²) in [6.45, 7) is 9.79. The third-order valence-corrected chi connectivity index (χ3v) is 6.00. The van der Waals surface area contributed by atoms with E-state index < -0.39 is 0 Å². The molecule has 0 radical (unpaired) electrons. The quantitative estimate of drug-likeness (QED) is 0.686. The summed E-state index contributed by atoms with van der Waals surface area (Å²) >= 11 is 0. The van der Waals surface area contributed by atoms with E-state index >= 15 is 0 Å². The van der Waals surface area contributed by atoms with Crippen molar-refractivity contribution in [2.75, 3.05) is 71.0 Å². The van der Waals surface area contributed by atoms with Crippen molar-refractivity contribution in [1.29, 1.82) is 0 Å². The molecule has 0 amide bonds. The van der Waals surface area contributed by atoms with E-state index in [0.29, 0.717) is 0 Å². The number of piperazine rings is 1. The molecule has 0 unspecified atom stereocenters. The molecule has 2 aliphatic heterocycles. The number of hydrogen-bond acceptors (Lipinski definition) is 6. The first-order chi connectivity index (χ1) is 13.8. The van der Waals surface area contributed by atoms with Crippen LogP contribution in [0.4, 0.5) is 5.82 Å². The molecule has 0 atom stereocenters. The summed E-state index contributed by atoms with van der Waals surface area (Å²) in [5, 5.41) is 1.19. The number of imidazole rings is 1. The molecule has 0 N–H and O–H groups in total. The maximum atomic E-state index is 5.48. The van der Waals surface area contributed by atoms with Gasteiger partial charge >= 0.3 is 0 Å². The fraction of sp³-hybridized carbons (Fsp3) is 0.524. The Labute approximate surface area is 165 Å². The van der Waals surface area contributed by atoms with Gasteiger partial charge in [-0.25, -0.2) is 9.97 Å². The Morgan fingerprint density at radius 3 is 2.57 bits per heavy atom. The lowest BCUT2D eigenvalue weighted by Gasteiger charge is -2.33. The summed E-state index contributed by atoms with van der Waals surface area (Å²) in [6, 6.07) is 8.46. The van der Waals surface area contributed by atoms with Crippen LogP contribution in [0.15, 0.2) is 30.6 Å². The third-order valence-electron chi connectivity index (χ3n) is 6.00. The number of rotatable bonds is 4. The molecule has 2 aromatic heterocycles. The van der Waals surface area contributed by atoms with Crippen molar-refractivity contribution in [1.82, 2.24) is 24.3 Å². The lowest BCUT2D eigenvalue weighted by molar-refractivity contribution is 0.0365. The first-order valence-electron chi connectivity index (χ1n) is 10.3. The van der Waals surface area contributed by atoms with Gasteiger partial charge in [0, 0.05) is 57.7 Å². The van der Waals surface area contributed by atoms with Crippen LogP contribution < -0.4 is 4.90 Å². The van der Waals surface area contributed by atoms with E-state index in [1.807, 2.05) is 6.33 Å². The first kappa shape index (κ1) is 17.8. The van der Waals surface area contributed by atoms with Crippen molar-refractivity contribution in [2.45, 2.75) is 6.54 Å². The minimum atomic E-state index is 0.838. The summed E-state index contributed by atoms with van der Waals surface area (Å²) in [5.74, 6) is 1.03. The van der Waals surface area contributed by atoms with Gasteiger partial charge < -0.3 is 19.1 Å². The van der Waals surface area contributed by atoms with Crippen molar-refractivity contribution < 1.29 is 4.74 Å². The summed E-state index contributed by atoms with van der Waals surface area (Å²) in [5.41, 5.74) is 3.30. The van der Waals surface area contributed by atoms with E-state index in [0.717, 1.165) is 82.4 Å². The van der Waals surface area contributed by atoms with Gasteiger partial charge in [0.2, 0.25) is 0 Å². The molecule has 2 aliphatic rings. The second kappa shape index (κ2) is 7.66. The number of morpholine rings is 1. The van der Waals surface area contributed by atoms with Gasteiger partial charge in [0.25, 0.3) is 0 Å². The molecule has 4 heterocycles. The minimum absolute atomic E-state index is 0.838. The molecule has 148 valence electrons. The third kappa shape index (κ3) is 3.34. The Morgan fingerprint density at radius 1 is 0.964 bits per heavy atom. The highest BCUT2D eigenvalue weighted by molar-refractivity contribution is 6.06. The number of likely N-dealkylation sites (N-methyl/N-ethyl adjacent to an activating group) is 1. The number of fused-ring (bicyclic) bond motifs is 3. The molecular formula is C21H28N6O. The monoisotopic (exact) mass is 380 g/mol. The number of anilines is 1. The second-order valence-corrected chi connectivity index (χ2v) is 7.83. The van der Waals surface area contributed by atoms with Crippen LogP contribution in [0.5, 0.6) is 0 Å². The summed E-state index contributed by atoms with van der Waals surface area (Å²) in [6.07, 6.45) is 2.00. The number of para-hydroxylation sites is 1. The average Bonchev–Trinajstić information content (AvgIpc) is 3.17. The Balaban J connectivity index is 1.53. The van der Waals surface area contributed by atoms with Crippen LogP contribution in [0.3, 0.4) is 0 Å². The van der Waals surface area contributed by atoms with Crippen LogP contribution in [-0.2, 0) is 11.3 Å². The molecule has 0 bridgehead atoms. The van der Waals surface area contributed by atoms with E-state index in [-0.39, 0.29) is 0 Å². The zero-order valence-corrected chi connectivity index (χ0v) is 16.5. The van der Waals surface area contributed by atoms with Crippen molar-refractivity contribution in [2.24, 2.45) is 0 Å². The van der Waals surface area contributed by atoms with Crippen molar-refractivity contribution >= 4 is 27.8 Å². The standard InChI is InChI=1S/C21H28N6O/c1-24-6-9-26(10-7-24)21-19-20(17-4-2-3-5-18(17)23-21)27(16-22-19)11-8-25-12-14-28-15-13-25/h2-5,16H,6-15H2,1H3. The van der Waals surface area contributed by atoms with Crippen LogP contribution in [0, 0.1) is 0 Å². The summed E-state index contributed by atoms with van der Waals surface area (Å²) < 4.78 is 7.79. The van der Waals surface area contributed by atoms with Gasteiger partial charge in [-0.2, -0.15) is 0 Å². The molecule has 0 aliphatic carbocycles. The predicted molar refractivity (Wildman–Crippen MR) is 112 cm³/mol. The predicted octanol–water partition coefficient (Wildman–Crippen LogP) is 1.67. The number of benzene rings is 1. The van der Waals surface area contributed by atoms with E-state index in [1.165, 1.54) is 10.9 Å². The molecule has 28 heavy (non-hydrogen) atoms. The maximum Gasteiger partial charge on any atom is 0.157 e. The zero-order valence-electron chi connectivity index (χ0n) is 16.5. The van der Waals surface area contributed by atoms with Crippen LogP contribution in [-0.4, -0.2) is 90.4 Å². The molecular weight excluding hydrogens is 352 g/mol. The molecule has 7 heteroatoms. The van der Waals surface area contributed by atoms with Crippen molar-refractivity contribution in [3.63, 3.8) is 0 Å². The Hall–Kier alpha value is -2.22. The van der Waals surface area contributed by atoms with Gasteiger partial charge in [-0.1, -0.05) is 18.2 Å². The number of ether oxygens (including phenoxy) is 1. The highest BCUT2D eigenvalue weighted by Gasteiger charge is 2.22. The lowest BCUT2D eigenvalue weighted by atomic mass is 10.1. The number of aromatic nitrogens is 3. The van der Waals surface area contributed by atoms with E-state index in [1.54, 1.807) is 0 Å². The van der Waals surface area contributed by atoms with Gasteiger partial charge in [0.05, 0.1) is 30.6 Å². The molecule has 2 saturated heterocycles. The van der Waals surface area contributed by atoms with Crippen LogP contribution in [0.25, 0.3) is 21.9 Å². The fourth-order valence-electron chi connectivity index (χ4n) is 4.25. The van der Waals surface area contributed by atoms with Crippen molar-refractivity contribution in [3.05, 3.63) is 30.6 Å². The molecule has 7 nitrogen and oxygen atoms in total. The number of nitrogens with zero attached hydrogens (tertiary/aromatic N) is 6. The van der Waals surface area contributed by atoms with Crippen molar-refractivity contribution in [3.8, 4) is 0 Å². The van der Waals surface area contributed by atoms with Crippen LogP contribution in [0.2, 0.25) is 0 Å². The Kier molecular flexibility index (Phi) is 4.88.